The second-order valence-electron chi connectivity index (χ2n) is 8.17. The van der Waals surface area contributed by atoms with Crippen LogP contribution in [0, 0.1) is 13.8 Å². The van der Waals surface area contributed by atoms with E-state index in [1.54, 1.807) is 19.1 Å². The molecule has 2 aromatic heterocycles. The lowest BCUT2D eigenvalue weighted by Crippen LogP contribution is -2.19. The maximum Gasteiger partial charge on any atom is 0.343 e. The highest BCUT2D eigenvalue weighted by Gasteiger charge is 2.22. The Morgan fingerprint density at radius 2 is 1.77 bits per heavy atom. The Morgan fingerprint density at radius 1 is 0.971 bits per heavy atom. The summed E-state index contributed by atoms with van der Waals surface area (Å²) in [5, 5.41) is 7.97. The molecule has 0 aliphatic carbocycles. The number of amides is 1. The molecule has 0 saturated heterocycles. The Bertz CT molecular complexity index is 1420. The van der Waals surface area contributed by atoms with E-state index in [9.17, 15) is 14.4 Å². The number of carbonyl (C=O) groups excluding carboxylic acids is 3. The number of rotatable bonds is 8. The van der Waals surface area contributed by atoms with E-state index in [2.05, 4.69) is 15.4 Å². The summed E-state index contributed by atoms with van der Waals surface area (Å²) in [5.74, 6) is -0.578. The van der Waals surface area contributed by atoms with Gasteiger partial charge in [-0.2, -0.15) is 9.78 Å². The van der Waals surface area contributed by atoms with Crippen molar-refractivity contribution < 1.29 is 19.1 Å². The summed E-state index contributed by atoms with van der Waals surface area (Å²) >= 11 is 0. The van der Waals surface area contributed by atoms with Crippen molar-refractivity contribution in [2.24, 2.45) is 0 Å². The van der Waals surface area contributed by atoms with Crippen LogP contribution in [-0.4, -0.2) is 39.0 Å². The lowest BCUT2D eigenvalue weighted by Gasteiger charge is -2.11. The number of hydrogen-bond donors (Lipinski definition) is 1. The van der Waals surface area contributed by atoms with Crippen molar-refractivity contribution in [3.63, 3.8) is 0 Å². The number of aryl methyl sites for hydroxylation is 2. The second kappa shape index (κ2) is 10.3. The lowest BCUT2D eigenvalue weighted by molar-refractivity contribution is -0.116. The quantitative estimate of drug-likeness (QED) is 0.293. The molecular weight excluding hydrogens is 444 g/mol. The van der Waals surface area contributed by atoms with Crippen LogP contribution in [-0.2, 0) is 9.53 Å². The summed E-state index contributed by atoms with van der Waals surface area (Å²) < 4.78 is 6.52. The van der Waals surface area contributed by atoms with Gasteiger partial charge in [0.25, 0.3) is 0 Å². The van der Waals surface area contributed by atoms with Gasteiger partial charge < -0.3 is 10.1 Å². The molecule has 1 N–H and O–H groups in total. The Balaban J connectivity index is 1.57. The van der Waals surface area contributed by atoms with E-state index in [4.69, 9.17) is 4.74 Å². The number of nitrogens with one attached hydrogen (secondary N) is 1. The molecule has 178 valence electrons. The Hall–Kier alpha value is -4.33. The van der Waals surface area contributed by atoms with E-state index >= 15 is 0 Å². The molecule has 8 heteroatoms. The monoisotopic (exact) mass is 470 g/mol. The zero-order valence-corrected chi connectivity index (χ0v) is 19.9. The number of ether oxygens (including phenoxy) is 1. The molecule has 0 aliphatic rings. The summed E-state index contributed by atoms with van der Waals surface area (Å²) in [4.78, 5) is 42.5. The molecule has 4 aromatic rings. The fourth-order valence-electron chi connectivity index (χ4n) is 3.65. The van der Waals surface area contributed by atoms with Crippen molar-refractivity contribution in [3.8, 4) is 5.82 Å². The number of carbonyl (C=O) groups is 3. The maximum absolute atomic E-state index is 12.8. The number of para-hydroxylation sites is 1. The molecule has 0 bridgehead atoms. The van der Waals surface area contributed by atoms with Gasteiger partial charge in [-0.3, -0.25) is 9.59 Å². The van der Waals surface area contributed by atoms with Crippen LogP contribution in [0.2, 0.25) is 0 Å². The van der Waals surface area contributed by atoms with Gasteiger partial charge in [-0.1, -0.05) is 30.3 Å². The fourth-order valence-corrected chi connectivity index (χ4v) is 3.65. The predicted molar refractivity (Wildman–Crippen MR) is 133 cm³/mol. The number of hydrogen-bond acceptors (Lipinski definition) is 6. The first-order chi connectivity index (χ1) is 16.9. The van der Waals surface area contributed by atoms with Crippen LogP contribution in [0.4, 0.5) is 5.82 Å². The third kappa shape index (κ3) is 5.27. The molecule has 0 spiro atoms. The molecule has 0 atom stereocenters. The number of Topliss-reactive ketones (excluding diaryl/α,β-unsaturated/α-hetero) is 1. The number of aromatic nitrogens is 3. The van der Waals surface area contributed by atoms with Crippen LogP contribution < -0.4 is 5.32 Å². The van der Waals surface area contributed by atoms with Gasteiger partial charge in [-0.05, 0) is 56.2 Å². The zero-order valence-electron chi connectivity index (χ0n) is 19.9. The molecule has 0 saturated carbocycles. The predicted octanol–water partition coefficient (Wildman–Crippen LogP) is 4.82. The van der Waals surface area contributed by atoms with E-state index in [0.717, 1.165) is 22.0 Å². The third-order valence-electron chi connectivity index (χ3n) is 5.73. The van der Waals surface area contributed by atoms with Crippen LogP contribution >= 0.6 is 0 Å². The van der Waals surface area contributed by atoms with E-state index in [1.807, 2.05) is 56.3 Å². The zero-order chi connectivity index (χ0) is 24.9. The number of nitrogens with zero attached hydrogens (tertiary/aromatic N) is 3. The van der Waals surface area contributed by atoms with Gasteiger partial charge in [0.15, 0.2) is 17.4 Å². The molecule has 8 nitrogen and oxygen atoms in total. The van der Waals surface area contributed by atoms with Gasteiger partial charge in [-0.25, -0.2) is 9.78 Å². The number of ketones is 1. The van der Waals surface area contributed by atoms with E-state index in [-0.39, 0.29) is 36.6 Å². The number of fused-ring (bicyclic) bond motifs is 1. The first kappa shape index (κ1) is 23.8. The highest BCUT2D eigenvalue weighted by molar-refractivity contribution is 6.03. The van der Waals surface area contributed by atoms with Crippen molar-refractivity contribution in [2.45, 2.75) is 33.6 Å². The fraction of sp³-hybridized carbons (Fsp3) is 0.222. The Labute approximate surface area is 202 Å². The molecular formula is C27H26N4O4. The minimum Gasteiger partial charge on any atom is -0.462 e. The van der Waals surface area contributed by atoms with Crippen LogP contribution in [0.15, 0.2) is 60.8 Å². The van der Waals surface area contributed by atoms with E-state index in [0.29, 0.717) is 11.4 Å². The van der Waals surface area contributed by atoms with Gasteiger partial charge in [-0.15, -0.1) is 0 Å². The molecule has 4 rings (SSSR count). The summed E-state index contributed by atoms with van der Waals surface area (Å²) in [7, 11) is 0. The minimum absolute atomic E-state index is 0.0332. The first-order valence-corrected chi connectivity index (χ1v) is 11.4. The Kier molecular flexibility index (Phi) is 7.01. The summed E-state index contributed by atoms with van der Waals surface area (Å²) in [6, 6.07) is 16.7. The number of esters is 1. The molecule has 0 radical (unpaired) electrons. The molecule has 0 unspecified atom stereocenters. The smallest absolute Gasteiger partial charge is 0.343 e. The van der Waals surface area contributed by atoms with E-state index in [1.165, 1.54) is 10.9 Å². The van der Waals surface area contributed by atoms with Crippen molar-refractivity contribution >= 4 is 34.4 Å². The van der Waals surface area contributed by atoms with Gasteiger partial charge in [0, 0.05) is 23.8 Å². The maximum atomic E-state index is 12.8. The normalized spacial score (nSPS) is 10.8. The topological polar surface area (TPSA) is 103 Å². The van der Waals surface area contributed by atoms with Crippen LogP contribution in [0.5, 0.6) is 0 Å². The van der Waals surface area contributed by atoms with Crippen molar-refractivity contribution in [3.05, 3.63) is 83.0 Å². The summed E-state index contributed by atoms with van der Waals surface area (Å²) in [5.41, 5.74) is 3.54. The van der Waals surface area contributed by atoms with Crippen LogP contribution in [0.1, 0.15) is 51.6 Å². The van der Waals surface area contributed by atoms with Gasteiger partial charge in [0.05, 0.1) is 18.3 Å². The molecule has 1 amide bonds. The van der Waals surface area contributed by atoms with Crippen LogP contribution in [0.3, 0.4) is 0 Å². The third-order valence-corrected chi connectivity index (χ3v) is 5.73. The minimum atomic E-state index is -0.610. The average molecular weight is 471 g/mol. The van der Waals surface area contributed by atoms with Crippen molar-refractivity contribution in [2.75, 3.05) is 11.9 Å². The number of anilines is 1. The molecule has 0 fully saturated rings. The number of pyridine rings is 1. The first-order valence-electron chi connectivity index (χ1n) is 11.4. The molecule has 35 heavy (non-hydrogen) atoms. The molecule has 2 aromatic carbocycles. The van der Waals surface area contributed by atoms with Gasteiger partial charge in [0.1, 0.15) is 5.56 Å². The summed E-state index contributed by atoms with van der Waals surface area (Å²) in [6.07, 6.45) is 1.32. The standard InChI is InChI=1S/C27H26N4O4/c1-4-35-27(34)21-16-28-31(24-13-11-19-7-5-6-8-22(19)29-24)26(21)30-25(33)14-12-23(32)20-10-9-17(2)18(3)15-20/h5-11,13,15-16H,4,12,14H2,1-3H3,(H,30,33). The highest BCUT2D eigenvalue weighted by atomic mass is 16.5. The molecule has 0 aliphatic heterocycles. The summed E-state index contributed by atoms with van der Waals surface area (Å²) in [6.45, 7) is 5.80. The van der Waals surface area contributed by atoms with Crippen molar-refractivity contribution in [1.29, 1.82) is 0 Å². The largest absolute Gasteiger partial charge is 0.462 e. The lowest BCUT2D eigenvalue weighted by atomic mass is 10.0. The van der Waals surface area contributed by atoms with E-state index < -0.39 is 11.9 Å². The Morgan fingerprint density at radius 3 is 2.54 bits per heavy atom. The van der Waals surface area contributed by atoms with Crippen molar-refractivity contribution in [1.82, 2.24) is 14.8 Å². The van der Waals surface area contributed by atoms with Crippen LogP contribution in [0.25, 0.3) is 16.7 Å². The average Bonchev–Trinajstić information content (AvgIpc) is 3.27. The van der Waals surface area contributed by atoms with Gasteiger partial charge in [0.2, 0.25) is 5.91 Å². The molecule has 2 heterocycles. The van der Waals surface area contributed by atoms with Gasteiger partial charge >= 0.3 is 5.97 Å². The highest BCUT2D eigenvalue weighted by Crippen LogP contribution is 2.23. The second-order valence-corrected chi connectivity index (χ2v) is 8.17. The SMILES string of the molecule is CCOC(=O)c1cnn(-c2ccc3ccccc3n2)c1NC(=O)CCC(=O)c1ccc(C)c(C)c1. The number of benzene rings is 2.